The zero-order chi connectivity index (χ0) is 22.4. The molecule has 0 spiro atoms. The Morgan fingerprint density at radius 3 is 2.06 bits per heavy atom. The number of carbonyl (C=O) groups excluding carboxylic acids is 2. The predicted molar refractivity (Wildman–Crippen MR) is 113 cm³/mol. The number of hydrogen-bond acceptors (Lipinski definition) is 6. The maximum absolute atomic E-state index is 15.0. The van der Waals surface area contributed by atoms with Crippen LogP contribution in [0.5, 0.6) is 11.5 Å². The molecule has 0 bridgehead atoms. The van der Waals surface area contributed by atoms with Gasteiger partial charge >= 0.3 is 7.60 Å². The highest BCUT2D eigenvalue weighted by Crippen LogP contribution is 2.57. The monoisotopic (exact) mass is 449 g/mol. The number of halogens is 1. The standard InChI is InChI=1S/C21H25FN3O5P/c22-17-13-14-25(20(27)18(23)11-12-19(24)26)21(17)31(28,29-15-7-3-1-4-8-15)30-16-9-5-2-6-10-16/h1-10,17-18,21H,11-14,23H2,(H2,24,26)/t17-,18-,21-/m0/s1. The van der Waals surface area contributed by atoms with E-state index in [4.69, 9.17) is 20.5 Å². The first-order chi connectivity index (χ1) is 14.8. The van der Waals surface area contributed by atoms with E-state index in [-0.39, 0.29) is 37.3 Å². The Hall–Kier alpha value is -2.90. The number of amides is 2. The Kier molecular flexibility index (Phi) is 7.30. The van der Waals surface area contributed by atoms with Crippen molar-refractivity contribution < 1.29 is 27.6 Å². The van der Waals surface area contributed by atoms with Gasteiger partial charge in [0.15, 0.2) is 5.78 Å². The van der Waals surface area contributed by atoms with E-state index in [1.54, 1.807) is 60.7 Å². The summed E-state index contributed by atoms with van der Waals surface area (Å²) >= 11 is 0. The number of primary amides is 1. The van der Waals surface area contributed by atoms with E-state index in [2.05, 4.69) is 0 Å². The van der Waals surface area contributed by atoms with Gasteiger partial charge in [0.1, 0.15) is 17.7 Å². The number of likely N-dealkylation sites (tertiary alicyclic amines) is 1. The molecular weight excluding hydrogens is 424 g/mol. The molecule has 3 atom stereocenters. The second-order valence-electron chi connectivity index (χ2n) is 7.21. The van der Waals surface area contributed by atoms with Crippen molar-refractivity contribution in [2.75, 3.05) is 6.54 Å². The summed E-state index contributed by atoms with van der Waals surface area (Å²) in [5.41, 5.74) is 11.0. The molecule has 0 radical (unpaired) electrons. The van der Waals surface area contributed by atoms with Crippen LogP contribution in [0.4, 0.5) is 4.39 Å². The van der Waals surface area contributed by atoms with E-state index < -0.39 is 37.4 Å². The minimum Gasteiger partial charge on any atom is -0.415 e. The Morgan fingerprint density at radius 2 is 1.58 bits per heavy atom. The van der Waals surface area contributed by atoms with Gasteiger partial charge < -0.3 is 25.4 Å². The maximum atomic E-state index is 15.0. The molecule has 1 heterocycles. The van der Waals surface area contributed by atoms with Crippen molar-refractivity contribution in [2.24, 2.45) is 11.5 Å². The average molecular weight is 449 g/mol. The normalized spacial score (nSPS) is 19.6. The molecule has 31 heavy (non-hydrogen) atoms. The zero-order valence-corrected chi connectivity index (χ0v) is 17.7. The SMILES string of the molecule is NC(=O)CC[C@H](N)C(=O)N1CC[C@H](F)[C@@H]1P(=O)(Oc1ccccc1)Oc1ccccc1. The fraction of sp³-hybridized carbons (Fsp3) is 0.333. The topological polar surface area (TPSA) is 125 Å². The third kappa shape index (κ3) is 5.62. The summed E-state index contributed by atoms with van der Waals surface area (Å²) in [6, 6.07) is 15.3. The summed E-state index contributed by atoms with van der Waals surface area (Å²) < 4.78 is 40.4. The summed E-state index contributed by atoms with van der Waals surface area (Å²) in [4.78, 5) is 25.0. The first-order valence-corrected chi connectivity index (χ1v) is 11.5. The van der Waals surface area contributed by atoms with Crippen LogP contribution >= 0.6 is 7.60 Å². The molecule has 0 saturated carbocycles. The van der Waals surface area contributed by atoms with E-state index in [9.17, 15) is 14.2 Å². The molecule has 0 aliphatic carbocycles. The number of carbonyl (C=O) groups is 2. The third-order valence-electron chi connectivity index (χ3n) is 4.87. The van der Waals surface area contributed by atoms with Crippen LogP contribution in [0.25, 0.3) is 0 Å². The molecule has 10 heteroatoms. The highest BCUT2D eigenvalue weighted by Gasteiger charge is 2.54. The van der Waals surface area contributed by atoms with Crippen molar-refractivity contribution in [1.82, 2.24) is 4.90 Å². The molecule has 1 saturated heterocycles. The molecule has 3 rings (SSSR count). The van der Waals surface area contributed by atoms with Gasteiger partial charge in [0.2, 0.25) is 11.8 Å². The van der Waals surface area contributed by atoms with Crippen molar-refractivity contribution in [3.63, 3.8) is 0 Å². The van der Waals surface area contributed by atoms with Crippen molar-refractivity contribution >= 4 is 19.4 Å². The molecule has 1 aliphatic heterocycles. The smallest absolute Gasteiger partial charge is 0.415 e. The number of alkyl halides is 1. The van der Waals surface area contributed by atoms with Gasteiger partial charge in [-0.2, -0.15) is 0 Å². The van der Waals surface area contributed by atoms with Crippen molar-refractivity contribution in [3.8, 4) is 11.5 Å². The first kappa shape index (κ1) is 22.8. The van der Waals surface area contributed by atoms with Crippen LogP contribution in [0.3, 0.4) is 0 Å². The molecule has 0 unspecified atom stereocenters. The van der Waals surface area contributed by atoms with Crippen LogP contribution in [0.2, 0.25) is 0 Å². The van der Waals surface area contributed by atoms with Gasteiger partial charge in [0.25, 0.3) is 0 Å². The lowest BCUT2D eigenvalue weighted by Gasteiger charge is -2.32. The quantitative estimate of drug-likeness (QED) is 0.567. The number of nitrogens with zero attached hydrogens (tertiary/aromatic N) is 1. The second kappa shape index (κ2) is 9.94. The minimum atomic E-state index is -4.27. The highest BCUT2D eigenvalue weighted by atomic mass is 31.2. The Labute approximate surface area is 179 Å². The molecule has 4 N–H and O–H groups in total. The van der Waals surface area contributed by atoms with Crippen LogP contribution in [0, 0.1) is 0 Å². The Balaban J connectivity index is 1.92. The predicted octanol–water partition coefficient (Wildman–Crippen LogP) is 2.83. The van der Waals surface area contributed by atoms with Gasteiger partial charge in [-0.3, -0.25) is 9.59 Å². The lowest BCUT2D eigenvalue weighted by molar-refractivity contribution is -0.133. The van der Waals surface area contributed by atoms with E-state index in [1.807, 2.05) is 0 Å². The largest absolute Gasteiger partial charge is 0.456 e. The van der Waals surface area contributed by atoms with Gasteiger partial charge in [0.05, 0.1) is 6.04 Å². The molecule has 8 nitrogen and oxygen atoms in total. The fourth-order valence-electron chi connectivity index (χ4n) is 3.37. The van der Waals surface area contributed by atoms with E-state index in [0.717, 1.165) is 4.90 Å². The Bertz CT molecular complexity index is 901. The molecule has 2 aromatic rings. The summed E-state index contributed by atoms with van der Waals surface area (Å²) in [5, 5.41) is 0. The summed E-state index contributed by atoms with van der Waals surface area (Å²) in [6.07, 6.45) is -1.79. The van der Waals surface area contributed by atoms with Crippen LogP contribution in [-0.4, -0.2) is 41.3 Å². The van der Waals surface area contributed by atoms with Crippen molar-refractivity contribution in [2.45, 2.75) is 37.3 Å². The van der Waals surface area contributed by atoms with E-state index >= 15 is 4.39 Å². The number of rotatable bonds is 9. The van der Waals surface area contributed by atoms with E-state index in [0.29, 0.717) is 0 Å². The molecule has 2 amide bonds. The van der Waals surface area contributed by atoms with Gasteiger partial charge in [-0.1, -0.05) is 36.4 Å². The van der Waals surface area contributed by atoms with Crippen LogP contribution in [0.1, 0.15) is 19.3 Å². The van der Waals surface area contributed by atoms with Crippen molar-refractivity contribution in [3.05, 3.63) is 60.7 Å². The van der Waals surface area contributed by atoms with Gasteiger partial charge in [-0.25, -0.2) is 8.96 Å². The molecule has 1 fully saturated rings. The first-order valence-electron chi connectivity index (χ1n) is 9.87. The number of para-hydroxylation sites is 2. The number of nitrogens with two attached hydrogens (primary N) is 2. The molecule has 166 valence electrons. The number of benzene rings is 2. The Morgan fingerprint density at radius 1 is 1.06 bits per heavy atom. The van der Waals surface area contributed by atoms with E-state index in [1.165, 1.54) is 0 Å². The van der Waals surface area contributed by atoms with Crippen LogP contribution in [-0.2, 0) is 14.2 Å². The third-order valence-corrected chi connectivity index (χ3v) is 7.05. The summed E-state index contributed by atoms with van der Waals surface area (Å²) in [6.45, 7) is -0.00473. The maximum Gasteiger partial charge on any atom is 0.456 e. The fourth-order valence-corrected chi connectivity index (χ4v) is 5.57. The van der Waals surface area contributed by atoms with Gasteiger partial charge in [-0.15, -0.1) is 0 Å². The lowest BCUT2D eigenvalue weighted by Crippen LogP contribution is -2.48. The summed E-state index contributed by atoms with van der Waals surface area (Å²) in [7, 11) is -4.27. The van der Waals surface area contributed by atoms with Gasteiger partial charge in [-0.05, 0) is 37.1 Å². The molecule has 1 aliphatic rings. The zero-order valence-electron chi connectivity index (χ0n) is 16.8. The van der Waals surface area contributed by atoms with Gasteiger partial charge in [0, 0.05) is 13.0 Å². The molecule has 2 aromatic carbocycles. The average Bonchev–Trinajstić information content (AvgIpc) is 3.15. The highest BCUT2D eigenvalue weighted by molar-refractivity contribution is 7.55. The second-order valence-corrected chi connectivity index (χ2v) is 9.18. The number of hydrogen-bond donors (Lipinski definition) is 2. The van der Waals surface area contributed by atoms with Crippen molar-refractivity contribution in [1.29, 1.82) is 0 Å². The van der Waals surface area contributed by atoms with Crippen LogP contribution < -0.4 is 20.5 Å². The molecule has 0 aromatic heterocycles. The van der Waals surface area contributed by atoms with Crippen LogP contribution in [0.15, 0.2) is 60.7 Å². The summed E-state index contributed by atoms with van der Waals surface area (Å²) in [5.74, 6) is -2.30. The molecular formula is C21H25FN3O5P. The lowest BCUT2D eigenvalue weighted by atomic mass is 10.1. The minimum absolute atomic E-state index is 0.00226.